The topological polar surface area (TPSA) is 56.4 Å². The number of aromatic nitrogens is 1. The van der Waals surface area contributed by atoms with Crippen LogP contribution in [-0.4, -0.2) is 46.9 Å². The number of para-hydroxylation sites is 1. The number of benzene rings is 2. The molecule has 1 amide bonds. The highest BCUT2D eigenvalue weighted by molar-refractivity contribution is 9.10. The second kappa shape index (κ2) is 7.66. The van der Waals surface area contributed by atoms with E-state index in [4.69, 9.17) is 0 Å². The van der Waals surface area contributed by atoms with Crippen molar-refractivity contribution in [3.8, 4) is 0 Å². The summed E-state index contributed by atoms with van der Waals surface area (Å²) in [4.78, 5) is 32.4. The lowest BCUT2D eigenvalue weighted by Crippen LogP contribution is -2.48. The molecule has 4 rings (SSSR count). The zero-order valence-electron chi connectivity index (χ0n) is 14.8. The van der Waals surface area contributed by atoms with Crippen LogP contribution in [0.5, 0.6) is 0 Å². The molecular formula is C21H20BrN3O2. The van der Waals surface area contributed by atoms with E-state index in [2.05, 4.69) is 25.8 Å². The number of amides is 1. The van der Waals surface area contributed by atoms with Crippen molar-refractivity contribution >= 4 is 32.7 Å². The number of piperazine rings is 1. The first-order chi connectivity index (χ1) is 13.1. The van der Waals surface area contributed by atoms with Crippen LogP contribution in [0.3, 0.4) is 0 Å². The fourth-order valence-electron chi connectivity index (χ4n) is 3.49. The van der Waals surface area contributed by atoms with E-state index in [0.717, 1.165) is 28.8 Å². The first kappa shape index (κ1) is 17.9. The zero-order chi connectivity index (χ0) is 18.8. The van der Waals surface area contributed by atoms with Crippen molar-refractivity contribution in [2.75, 3.05) is 26.2 Å². The summed E-state index contributed by atoms with van der Waals surface area (Å²) in [5.74, 6) is 0.0649. The average molecular weight is 426 g/mol. The maximum Gasteiger partial charge on any atom is 0.253 e. The summed E-state index contributed by atoms with van der Waals surface area (Å²) < 4.78 is 0.909. The Balaban J connectivity index is 1.41. The molecule has 0 bridgehead atoms. The van der Waals surface area contributed by atoms with Crippen LogP contribution >= 0.6 is 15.9 Å². The molecule has 0 saturated carbocycles. The van der Waals surface area contributed by atoms with Crippen molar-refractivity contribution in [1.82, 2.24) is 14.8 Å². The zero-order valence-corrected chi connectivity index (χ0v) is 16.4. The van der Waals surface area contributed by atoms with E-state index in [9.17, 15) is 9.59 Å². The molecule has 0 unspecified atom stereocenters. The summed E-state index contributed by atoms with van der Waals surface area (Å²) >= 11 is 3.42. The molecule has 27 heavy (non-hydrogen) atoms. The highest BCUT2D eigenvalue weighted by atomic mass is 79.9. The molecule has 1 aliphatic heterocycles. The molecule has 1 aromatic heterocycles. The molecule has 6 heteroatoms. The molecule has 138 valence electrons. The Hall–Kier alpha value is -2.44. The van der Waals surface area contributed by atoms with Crippen molar-refractivity contribution in [1.29, 1.82) is 0 Å². The van der Waals surface area contributed by atoms with Gasteiger partial charge >= 0.3 is 0 Å². The SMILES string of the molecule is O=C(c1cccc(Br)c1)N1CCN(Cc2cc(=O)c3ccccc3[nH]2)CC1. The number of H-pyrrole nitrogens is 1. The van der Waals surface area contributed by atoms with Gasteiger partial charge in [-0.25, -0.2) is 0 Å². The van der Waals surface area contributed by atoms with Gasteiger partial charge in [-0.05, 0) is 30.3 Å². The molecular weight excluding hydrogens is 406 g/mol. The maximum absolute atomic E-state index is 12.6. The number of fused-ring (bicyclic) bond motifs is 1. The van der Waals surface area contributed by atoms with Crippen molar-refractivity contribution in [2.45, 2.75) is 6.54 Å². The minimum absolute atomic E-state index is 0.0443. The van der Waals surface area contributed by atoms with Crippen LogP contribution in [0.4, 0.5) is 0 Å². The molecule has 1 fully saturated rings. The highest BCUT2D eigenvalue weighted by Gasteiger charge is 2.22. The van der Waals surface area contributed by atoms with Gasteiger partial charge in [0.05, 0.1) is 0 Å². The fraction of sp³-hybridized carbons (Fsp3) is 0.238. The number of rotatable bonds is 3. The van der Waals surface area contributed by atoms with Crippen LogP contribution in [0.15, 0.2) is 63.9 Å². The number of pyridine rings is 1. The van der Waals surface area contributed by atoms with Gasteiger partial charge in [0.1, 0.15) is 0 Å². The third-order valence-corrected chi connectivity index (χ3v) is 5.41. The monoisotopic (exact) mass is 425 g/mol. The Kier molecular flexibility index (Phi) is 5.09. The average Bonchev–Trinajstić information content (AvgIpc) is 2.68. The molecule has 1 saturated heterocycles. The number of carbonyl (C=O) groups is 1. The Morgan fingerprint density at radius 1 is 1.00 bits per heavy atom. The van der Waals surface area contributed by atoms with E-state index < -0.39 is 0 Å². The highest BCUT2D eigenvalue weighted by Crippen LogP contribution is 2.16. The van der Waals surface area contributed by atoms with E-state index in [1.807, 2.05) is 53.4 Å². The van der Waals surface area contributed by atoms with Crippen LogP contribution in [-0.2, 0) is 6.54 Å². The smallest absolute Gasteiger partial charge is 0.253 e. The third-order valence-electron chi connectivity index (χ3n) is 4.92. The van der Waals surface area contributed by atoms with Gasteiger partial charge in [-0.2, -0.15) is 0 Å². The van der Waals surface area contributed by atoms with Crippen LogP contribution < -0.4 is 5.43 Å². The Bertz CT molecular complexity index is 1040. The first-order valence-corrected chi connectivity index (χ1v) is 9.77. The number of hydrogen-bond donors (Lipinski definition) is 1. The molecule has 1 N–H and O–H groups in total. The number of nitrogens with zero attached hydrogens (tertiary/aromatic N) is 2. The fourth-order valence-corrected chi connectivity index (χ4v) is 3.89. The Morgan fingerprint density at radius 3 is 2.56 bits per heavy atom. The third kappa shape index (κ3) is 3.96. The molecule has 0 spiro atoms. The standard InChI is InChI=1S/C21H20BrN3O2/c22-16-5-3-4-15(12-16)21(27)25-10-8-24(9-11-25)14-17-13-20(26)18-6-1-2-7-19(18)23-17/h1-7,12-13H,8-11,14H2,(H,23,26). The van der Waals surface area contributed by atoms with Crippen LogP contribution in [0, 0.1) is 0 Å². The van der Waals surface area contributed by atoms with Gasteiger partial charge in [-0.1, -0.05) is 34.1 Å². The summed E-state index contributed by atoms with van der Waals surface area (Å²) in [6, 6.07) is 16.7. The summed E-state index contributed by atoms with van der Waals surface area (Å²) in [7, 11) is 0. The lowest BCUT2D eigenvalue weighted by atomic mass is 10.1. The van der Waals surface area contributed by atoms with E-state index in [1.54, 1.807) is 6.07 Å². The van der Waals surface area contributed by atoms with E-state index in [1.165, 1.54) is 0 Å². The lowest BCUT2D eigenvalue weighted by molar-refractivity contribution is 0.0627. The second-order valence-electron chi connectivity index (χ2n) is 6.78. The number of hydrogen-bond acceptors (Lipinski definition) is 3. The minimum Gasteiger partial charge on any atom is -0.357 e. The van der Waals surface area contributed by atoms with E-state index >= 15 is 0 Å². The first-order valence-electron chi connectivity index (χ1n) is 8.98. The van der Waals surface area contributed by atoms with Gasteiger partial charge in [0.15, 0.2) is 5.43 Å². The van der Waals surface area contributed by atoms with Gasteiger partial charge in [-0.3, -0.25) is 14.5 Å². The van der Waals surface area contributed by atoms with E-state index in [0.29, 0.717) is 30.6 Å². The maximum atomic E-state index is 12.6. The predicted molar refractivity (Wildman–Crippen MR) is 110 cm³/mol. The van der Waals surface area contributed by atoms with Crippen LogP contribution in [0.2, 0.25) is 0 Å². The van der Waals surface area contributed by atoms with E-state index in [-0.39, 0.29) is 11.3 Å². The van der Waals surface area contributed by atoms with Gasteiger partial charge in [-0.15, -0.1) is 0 Å². The number of aromatic amines is 1. The number of halogens is 1. The Labute approximate surface area is 165 Å². The second-order valence-corrected chi connectivity index (χ2v) is 7.70. The molecule has 5 nitrogen and oxygen atoms in total. The number of carbonyl (C=O) groups excluding carboxylic acids is 1. The van der Waals surface area contributed by atoms with Gasteiger partial charge in [0.2, 0.25) is 0 Å². The summed E-state index contributed by atoms with van der Waals surface area (Å²) in [6.07, 6.45) is 0. The predicted octanol–water partition coefficient (Wildman–Crippen LogP) is 3.25. The quantitative estimate of drug-likeness (QED) is 0.700. The normalized spacial score (nSPS) is 15.2. The molecule has 0 aliphatic carbocycles. The summed E-state index contributed by atoms with van der Waals surface area (Å²) in [5, 5.41) is 0.714. The van der Waals surface area contributed by atoms with Crippen molar-refractivity contribution in [3.05, 3.63) is 80.6 Å². The summed E-state index contributed by atoms with van der Waals surface area (Å²) in [5.41, 5.74) is 2.52. The molecule has 0 atom stereocenters. The van der Waals surface area contributed by atoms with Crippen LogP contribution in [0.25, 0.3) is 10.9 Å². The minimum atomic E-state index is 0.0443. The molecule has 3 aromatic rings. The number of nitrogens with one attached hydrogen (secondary N) is 1. The van der Waals surface area contributed by atoms with Crippen molar-refractivity contribution in [3.63, 3.8) is 0 Å². The van der Waals surface area contributed by atoms with Crippen molar-refractivity contribution < 1.29 is 4.79 Å². The van der Waals surface area contributed by atoms with Gasteiger partial charge < -0.3 is 9.88 Å². The largest absolute Gasteiger partial charge is 0.357 e. The van der Waals surface area contributed by atoms with Gasteiger partial charge in [0.25, 0.3) is 5.91 Å². The van der Waals surface area contributed by atoms with Crippen LogP contribution in [0.1, 0.15) is 16.1 Å². The lowest BCUT2D eigenvalue weighted by Gasteiger charge is -2.34. The molecule has 2 heterocycles. The molecule has 2 aromatic carbocycles. The van der Waals surface area contributed by atoms with Gasteiger partial charge in [0, 0.05) is 65.4 Å². The Morgan fingerprint density at radius 2 is 1.78 bits per heavy atom. The summed E-state index contributed by atoms with van der Waals surface area (Å²) in [6.45, 7) is 3.62. The molecule has 0 radical (unpaired) electrons. The molecule has 1 aliphatic rings. The van der Waals surface area contributed by atoms with Crippen molar-refractivity contribution in [2.24, 2.45) is 0 Å².